The summed E-state index contributed by atoms with van der Waals surface area (Å²) >= 11 is 0. The molecule has 4 rings (SSSR count). The van der Waals surface area contributed by atoms with E-state index in [4.69, 9.17) is 9.98 Å². The molecule has 0 spiro atoms. The van der Waals surface area contributed by atoms with E-state index >= 15 is 0 Å². The predicted molar refractivity (Wildman–Crippen MR) is 153 cm³/mol. The Balaban J connectivity index is 1.55. The second-order valence-corrected chi connectivity index (χ2v) is 9.17. The first kappa shape index (κ1) is 26.0. The van der Waals surface area contributed by atoms with Gasteiger partial charge in [0.1, 0.15) is 12.3 Å². The topological polar surface area (TPSA) is 86.5 Å². The van der Waals surface area contributed by atoms with Crippen LogP contribution in [-0.2, 0) is 6.54 Å². The van der Waals surface area contributed by atoms with Crippen molar-refractivity contribution < 1.29 is 0 Å². The van der Waals surface area contributed by atoms with Gasteiger partial charge in [0, 0.05) is 60.4 Å². The first-order valence-electron chi connectivity index (χ1n) is 12.6. The van der Waals surface area contributed by atoms with Crippen LogP contribution in [0.2, 0.25) is 0 Å². The van der Waals surface area contributed by atoms with Gasteiger partial charge in [0.15, 0.2) is 0 Å². The molecule has 2 aromatic rings. The number of aliphatic imine (C=N–C) groups is 4. The van der Waals surface area contributed by atoms with Gasteiger partial charge in [0.25, 0.3) is 0 Å². The van der Waals surface area contributed by atoms with E-state index in [0.29, 0.717) is 6.54 Å². The maximum absolute atomic E-state index is 5.07. The van der Waals surface area contributed by atoms with Crippen molar-refractivity contribution >= 4 is 29.5 Å². The lowest BCUT2D eigenvalue weighted by molar-refractivity contribution is 0.392. The molecule has 0 bridgehead atoms. The zero-order valence-corrected chi connectivity index (χ0v) is 22.6. The smallest absolute Gasteiger partial charge is 0.209 e. The fraction of sp³-hybridized carbons (Fsp3) is 0.407. The van der Waals surface area contributed by atoms with Crippen LogP contribution in [0.1, 0.15) is 18.9 Å². The second kappa shape index (κ2) is 11.8. The second-order valence-electron chi connectivity index (χ2n) is 9.17. The molecule has 2 unspecified atom stereocenters. The van der Waals surface area contributed by atoms with Crippen molar-refractivity contribution in [1.29, 1.82) is 0 Å². The molecule has 10 heteroatoms. The van der Waals surface area contributed by atoms with Gasteiger partial charge in [-0.3, -0.25) is 19.8 Å². The van der Waals surface area contributed by atoms with E-state index in [9.17, 15) is 0 Å². The number of hydrogen-bond donors (Lipinski definition) is 2. The summed E-state index contributed by atoms with van der Waals surface area (Å²) in [5.41, 5.74) is 2.30. The van der Waals surface area contributed by atoms with E-state index in [1.807, 2.05) is 50.2 Å². The third-order valence-corrected chi connectivity index (χ3v) is 6.43. The average molecular weight is 503 g/mol. The fourth-order valence-electron chi connectivity index (χ4n) is 4.54. The number of para-hydroxylation sites is 1. The fourth-order valence-corrected chi connectivity index (χ4v) is 4.54. The molecule has 2 heterocycles. The molecule has 0 amide bonds. The molecule has 0 radical (unpaired) electrons. The van der Waals surface area contributed by atoms with E-state index in [0.717, 1.165) is 42.5 Å². The van der Waals surface area contributed by atoms with Crippen molar-refractivity contribution in [3.63, 3.8) is 0 Å². The summed E-state index contributed by atoms with van der Waals surface area (Å²) in [6.45, 7) is 3.45. The van der Waals surface area contributed by atoms with E-state index in [1.165, 1.54) is 5.56 Å². The minimum atomic E-state index is -0.149. The third kappa shape index (κ3) is 6.02. The quantitative estimate of drug-likeness (QED) is 0.631. The van der Waals surface area contributed by atoms with Crippen LogP contribution >= 0.6 is 0 Å². The zero-order chi connectivity index (χ0) is 26.4. The van der Waals surface area contributed by atoms with Crippen LogP contribution in [0.25, 0.3) is 0 Å². The van der Waals surface area contributed by atoms with E-state index in [1.54, 1.807) is 14.1 Å². The molecule has 2 aromatic carbocycles. The van der Waals surface area contributed by atoms with Crippen LogP contribution in [-0.4, -0.2) is 92.7 Å². The van der Waals surface area contributed by atoms with Gasteiger partial charge in [-0.1, -0.05) is 48.5 Å². The van der Waals surface area contributed by atoms with Crippen molar-refractivity contribution in [3.8, 4) is 0 Å². The summed E-state index contributed by atoms with van der Waals surface area (Å²) in [7, 11) is 9.70. The molecule has 0 saturated carbocycles. The summed E-state index contributed by atoms with van der Waals surface area (Å²) < 4.78 is 0. The molecule has 2 atom stereocenters. The van der Waals surface area contributed by atoms with Gasteiger partial charge in [0.05, 0.1) is 0 Å². The first-order chi connectivity index (χ1) is 17.9. The van der Waals surface area contributed by atoms with Gasteiger partial charge < -0.3 is 20.4 Å². The minimum Gasteiger partial charge on any atom is -0.341 e. The Bertz CT molecular complexity index is 1160. The maximum atomic E-state index is 5.07. The van der Waals surface area contributed by atoms with Gasteiger partial charge in [-0.05, 0) is 24.6 Å². The molecule has 0 aromatic heterocycles. The Labute approximate surface area is 220 Å². The number of guanidine groups is 4. The van der Waals surface area contributed by atoms with Crippen molar-refractivity contribution in [2.75, 3.05) is 46.7 Å². The summed E-state index contributed by atoms with van der Waals surface area (Å²) in [4.78, 5) is 27.4. The van der Waals surface area contributed by atoms with Crippen LogP contribution in [0.15, 0.2) is 80.6 Å². The Hall–Kier alpha value is -4.08. The van der Waals surface area contributed by atoms with Crippen LogP contribution in [0, 0.1) is 0 Å². The molecular formula is C27H38N10. The standard InChI is InChI=1S/C27H38N10/c1-20-30-25(29-3)37(27(31-20)35(5)22-15-11-8-12-16-22)18-17-23-32-24(28-2)36(6)26(33-23)34(4)19-21-13-9-7-10-14-21/h7-16,20,23H,17-19H2,1-6H3,(H,28,32)(H,29,30). The molecule has 10 nitrogen and oxygen atoms in total. The van der Waals surface area contributed by atoms with Crippen molar-refractivity contribution in [2.45, 2.75) is 32.2 Å². The minimum absolute atomic E-state index is 0.0762. The number of nitrogens with zero attached hydrogens (tertiary/aromatic N) is 8. The Morgan fingerprint density at radius 3 is 2.16 bits per heavy atom. The normalized spacial score (nSPS) is 21.8. The molecule has 37 heavy (non-hydrogen) atoms. The summed E-state index contributed by atoms with van der Waals surface area (Å²) in [6.07, 6.45) is 0.503. The molecule has 2 aliphatic rings. The molecule has 2 N–H and O–H groups in total. The van der Waals surface area contributed by atoms with Crippen LogP contribution in [0.5, 0.6) is 0 Å². The number of hydrogen-bond acceptors (Lipinski definition) is 6. The number of anilines is 1. The molecule has 2 aliphatic heterocycles. The highest BCUT2D eigenvalue weighted by atomic mass is 15.5. The molecule has 0 saturated heterocycles. The first-order valence-corrected chi connectivity index (χ1v) is 12.6. The van der Waals surface area contributed by atoms with E-state index < -0.39 is 0 Å². The number of rotatable bonds is 6. The van der Waals surface area contributed by atoms with E-state index in [2.05, 4.69) is 78.8 Å². The SMILES string of the molecule is CN=C1NC(CCN2C(=NC)NC(C)N=C2N(C)c2ccccc2)N=C(N(C)Cc2ccccc2)N1C. The van der Waals surface area contributed by atoms with Gasteiger partial charge in [-0.15, -0.1) is 0 Å². The van der Waals surface area contributed by atoms with E-state index in [-0.39, 0.29) is 12.3 Å². The van der Waals surface area contributed by atoms with Crippen molar-refractivity contribution in [1.82, 2.24) is 25.3 Å². The lowest BCUT2D eigenvalue weighted by Gasteiger charge is -2.39. The van der Waals surface area contributed by atoms with Gasteiger partial charge in [-0.25, -0.2) is 9.98 Å². The monoisotopic (exact) mass is 502 g/mol. The summed E-state index contributed by atoms with van der Waals surface area (Å²) in [5, 5.41) is 6.87. The highest BCUT2D eigenvalue weighted by molar-refractivity contribution is 6.07. The van der Waals surface area contributed by atoms with Crippen LogP contribution in [0.4, 0.5) is 5.69 Å². The largest absolute Gasteiger partial charge is 0.341 e. The Morgan fingerprint density at radius 2 is 1.51 bits per heavy atom. The number of benzene rings is 2. The predicted octanol–water partition coefficient (Wildman–Crippen LogP) is 2.44. The third-order valence-electron chi connectivity index (χ3n) is 6.43. The lowest BCUT2D eigenvalue weighted by Crippen LogP contribution is -2.59. The Kier molecular flexibility index (Phi) is 8.27. The average Bonchev–Trinajstić information content (AvgIpc) is 2.93. The molecule has 0 fully saturated rings. The van der Waals surface area contributed by atoms with Gasteiger partial charge >= 0.3 is 0 Å². The maximum Gasteiger partial charge on any atom is 0.209 e. The highest BCUT2D eigenvalue weighted by Crippen LogP contribution is 2.18. The van der Waals surface area contributed by atoms with Crippen molar-refractivity contribution in [2.24, 2.45) is 20.0 Å². The summed E-state index contributed by atoms with van der Waals surface area (Å²) in [5.74, 6) is 3.31. The van der Waals surface area contributed by atoms with Gasteiger partial charge in [-0.2, -0.15) is 0 Å². The van der Waals surface area contributed by atoms with Crippen LogP contribution in [0.3, 0.4) is 0 Å². The number of nitrogens with one attached hydrogen (secondary N) is 2. The van der Waals surface area contributed by atoms with Gasteiger partial charge in [0.2, 0.25) is 23.8 Å². The molecule has 0 aliphatic carbocycles. The highest BCUT2D eigenvalue weighted by Gasteiger charge is 2.30. The molecular weight excluding hydrogens is 464 g/mol. The Morgan fingerprint density at radius 1 is 0.865 bits per heavy atom. The molecule has 196 valence electrons. The lowest BCUT2D eigenvalue weighted by atomic mass is 10.2. The van der Waals surface area contributed by atoms with Crippen molar-refractivity contribution in [3.05, 3.63) is 66.2 Å². The zero-order valence-electron chi connectivity index (χ0n) is 22.6. The van der Waals surface area contributed by atoms with Crippen LogP contribution < -0.4 is 15.5 Å². The summed E-state index contributed by atoms with van der Waals surface area (Å²) in [6, 6.07) is 20.7.